The Labute approximate surface area is 126 Å². The van der Waals surface area contributed by atoms with Crippen molar-refractivity contribution in [1.82, 2.24) is 0 Å². The number of anilines is 1. The number of hydrogen-bond acceptors (Lipinski definition) is 1. The molecule has 21 heavy (non-hydrogen) atoms. The van der Waals surface area contributed by atoms with Crippen molar-refractivity contribution in [3.63, 3.8) is 0 Å². The van der Waals surface area contributed by atoms with Crippen LogP contribution >= 0.6 is 0 Å². The van der Waals surface area contributed by atoms with Crippen LogP contribution in [0, 0.1) is 6.92 Å². The third kappa shape index (κ3) is 2.49. The Morgan fingerprint density at radius 1 is 0.857 bits per heavy atom. The number of rotatable bonds is 2. The van der Waals surface area contributed by atoms with Crippen LogP contribution in [0.3, 0.4) is 0 Å². The lowest BCUT2D eigenvalue weighted by molar-refractivity contribution is -0.633. The van der Waals surface area contributed by atoms with E-state index in [0.29, 0.717) is 0 Å². The summed E-state index contributed by atoms with van der Waals surface area (Å²) in [5, 5.41) is 1.28. The van der Waals surface area contributed by atoms with Gasteiger partial charge < -0.3 is 4.90 Å². The van der Waals surface area contributed by atoms with Crippen molar-refractivity contribution in [3.8, 4) is 11.3 Å². The second-order valence-corrected chi connectivity index (χ2v) is 5.78. The van der Waals surface area contributed by atoms with Crippen LogP contribution in [0.15, 0.2) is 54.6 Å². The van der Waals surface area contributed by atoms with E-state index >= 15 is 0 Å². The average Bonchev–Trinajstić information content (AvgIpc) is 2.47. The molecule has 0 aliphatic carbocycles. The summed E-state index contributed by atoms with van der Waals surface area (Å²) < 4.78 is 2.26. The first-order valence-corrected chi connectivity index (χ1v) is 7.23. The quantitative estimate of drug-likeness (QED) is 0.648. The predicted molar refractivity (Wildman–Crippen MR) is 89.6 cm³/mol. The Bertz CT molecular complexity index is 787. The molecule has 0 fully saturated rings. The molecule has 3 rings (SSSR count). The molecule has 3 aromatic rings. The fourth-order valence-corrected chi connectivity index (χ4v) is 2.74. The number of benzene rings is 2. The van der Waals surface area contributed by atoms with E-state index in [0.717, 1.165) is 0 Å². The molecule has 0 unspecified atom stereocenters. The Morgan fingerprint density at radius 3 is 2.24 bits per heavy atom. The van der Waals surface area contributed by atoms with Gasteiger partial charge in [0.15, 0.2) is 0 Å². The molecular weight excluding hydrogens is 256 g/mol. The summed E-state index contributed by atoms with van der Waals surface area (Å²) in [6.45, 7) is 2.13. The second-order valence-electron chi connectivity index (χ2n) is 5.78. The smallest absolute Gasteiger partial charge is 0.212 e. The molecule has 0 atom stereocenters. The van der Waals surface area contributed by atoms with Crippen molar-refractivity contribution in [3.05, 3.63) is 60.2 Å². The van der Waals surface area contributed by atoms with E-state index in [1.807, 2.05) is 0 Å². The van der Waals surface area contributed by atoms with Crippen molar-refractivity contribution in [2.45, 2.75) is 6.92 Å². The van der Waals surface area contributed by atoms with Crippen LogP contribution in [-0.4, -0.2) is 14.1 Å². The Balaban J connectivity index is 2.12. The highest BCUT2D eigenvalue weighted by Crippen LogP contribution is 2.22. The van der Waals surface area contributed by atoms with Crippen LogP contribution in [0.4, 0.5) is 5.69 Å². The highest BCUT2D eigenvalue weighted by Gasteiger charge is 2.13. The molecule has 106 valence electrons. The molecule has 0 N–H and O–H groups in total. The molecule has 0 amide bonds. The van der Waals surface area contributed by atoms with E-state index < -0.39 is 0 Å². The van der Waals surface area contributed by atoms with Gasteiger partial charge in [0.25, 0.3) is 0 Å². The Morgan fingerprint density at radius 2 is 1.57 bits per heavy atom. The molecule has 0 bridgehead atoms. The number of nitrogens with zero attached hydrogens (tertiary/aromatic N) is 2. The van der Waals surface area contributed by atoms with Crippen LogP contribution < -0.4 is 9.47 Å². The maximum atomic E-state index is 2.26. The zero-order valence-electron chi connectivity index (χ0n) is 13.1. The van der Waals surface area contributed by atoms with Gasteiger partial charge >= 0.3 is 0 Å². The third-order valence-electron chi connectivity index (χ3n) is 4.01. The lowest BCUT2D eigenvalue weighted by Gasteiger charge is -2.12. The van der Waals surface area contributed by atoms with E-state index in [2.05, 4.69) is 92.1 Å². The lowest BCUT2D eigenvalue weighted by atomic mass is 10.1. The van der Waals surface area contributed by atoms with Crippen molar-refractivity contribution in [1.29, 1.82) is 0 Å². The van der Waals surface area contributed by atoms with Crippen molar-refractivity contribution < 1.29 is 4.57 Å². The maximum Gasteiger partial charge on any atom is 0.212 e. The Hall–Kier alpha value is -2.35. The molecule has 2 heteroatoms. The van der Waals surface area contributed by atoms with Gasteiger partial charge in [0.1, 0.15) is 7.05 Å². The zero-order chi connectivity index (χ0) is 15.0. The summed E-state index contributed by atoms with van der Waals surface area (Å²) in [7, 11) is 6.26. The van der Waals surface area contributed by atoms with E-state index in [-0.39, 0.29) is 0 Å². The SMILES string of the molecule is Cc1ccc2c(ccc(-c3ccc(N(C)C)cc3)[n+]2C)c1. The molecule has 2 nitrogen and oxygen atoms in total. The van der Waals surface area contributed by atoms with Crippen LogP contribution in [0.1, 0.15) is 5.56 Å². The standard InChI is InChI=1S/C19H21N2/c1-14-5-11-19-16(13-14)8-12-18(21(19)4)15-6-9-17(10-7-15)20(2)3/h5-13H,1-4H3/q+1. The first-order valence-electron chi connectivity index (χ1n) is 7.23. The molecule has 0 saturated carbocycles. The third-order valence-corrected chi connectivity index (χ3v) is 4.01. The fraction of sp³-hybridized carbons (Fsp3) is 0.211. The number of aromatic nitrogens is 1. The van der Waals surface area contributed by atoms with E-state index in [1.165, 1.54) is 33.4 Å². The summed E-state index contributed by atoms with van der Waals surface area (Å²) in [5.41, 5.74) is 6.25. The molecule has 0 aliphatic rings. The highest BCUT2D eigenvalue weighted by molar-refractivity contribution is 5.78. The van der Waals surface area contributed by atoms with Gasteiger partial charge in [0, 0.05) is 42.9 Å². The van der Waals surface area contributed by atoms with Gasteiger partial charge in [-0.1, -0.05) is 11.6 Å². The number of hydrogen-bond donors (Lipinski definition) is 0. The Kier molecular flexibility index (Phi) is 3.38. The van der Waals surface area contributed by atoms with Gasteiger partial charge in [0.2, 0.25) is 11.2 Å². The van der Waals surface area contributed by atoms with Gasteiger partial charge in [-0.3, -0.25) is 0 Å². The maximum absolute atomic E-state index is 2.26. The first-order chi connectivity index (χ1) is 10.1. The van der Waals surface area contributed by atoms with Crippen LogP contribution in [-0.2, 0) is 7.05 Å². The van der Waals surface area contributed by atoms with Crippen molar-refractivity contribution in [2.24, 2.45) is 7.05 Å². The summed E-state index contributed by atoms with van der Waals surface area (Å²) >= 11 is 0. The normalized spacial score (nSPS) is 10.9. The average molecular weight is 277 g/mol. The predicted octanol–water partition coefficient (Wildman–Crippen LogP) is 3.71. The molecule has 1 aromatic heterocycles. The van der Waals surface area contributed by atoms with Crippen LogP contribution in [0.2, 0.25) is 0 Å². The van der Waals surface area contributed by atoms with Gasteiger partial charge in [-0.2, -0.15) is 4.57 Å². The topological polar surface area (TPSA) is 7.12 Å². The summed E-state index contributed by atoms with van der Waals surface area (Å²) in [6, 6.07) is 19.7. The number of aryl methyl sites for hydroxylation is 2. The molecule has 1 heterocycles. The van der Waals surface area contributed by atoms with E-state index in [9.17, 15) is 0 Å². The van der Waals surface area contributed by atoms with Crippen molar-refractivity contribution in [2.75, 3.05) is 19.0 Å². The molecule has 2 aromatic carbocycles. The minimum Gasteiger partial charge on any atom is -0.378 e. The minimum atomic E-state index is 1.22. The first kappa shape index (κ1) is 13.6. The van der Waals surface area contributed by atoms with Gasteiger partial charge in [-0.15, -0.1) is 0 Å². The second kappa shape index (κ2) is 5.21. The zero-order valence-corrected chi connectivity index (χ0v) is 13.1. The largest absolute Gasteiger partial charge is 0.378 e. The highest BCUT2D eigenvalue weighted by atomic mass is 15.1. The molecule has 0 saturated heterocycles. The monoisotopic (exact) mass is 277 g/mol. The lowest BCUT2D eigenvalue weighted by Crippen LogP contribution is -2.31. The minimum absolute atomic E-state index is 1.22. The summed E-state index contributed by atoms with van der Waals surface area (Å²) in [6.07, 6.45) is 0. The summed E-state index contributed by atoms with van der Waals surface area (Å²) in [5.74, 6) is 0. The molecule has 0 spiro atoms. The van der Waals surface area contributed by atoms with Gasteiger partial charge in [0.05, 0.1) is 0 Å². The van der Waals surface area contributed by atoms with E-state index in [1.54, 1.807) is 0 Å². The van der Waals surface area contributed by atoms with Crippen molar-refractivity contribution >= 4 is 16.6 Å². The van der Waals surface area contributed by atoms with Gasteiger partial charge in [-0.05, 0) is 43.3 Å². The summed E-state index contributed by atoms with van der Waals surface area (Å²) in [4.78, 5) is 2.12. The van der Waals surface area contributed by atoms with E-state index in [4.69, 9.17) is 0 Å². The fourth-order valence-electron chi connectivity index (χ4n) is 2.74. The van der Waals surface area contributed by atoms with Gasteiger partial charge in [-0.25, -0.2) is 0 Å². The van der Waals surface area contributed by atoms with Crippen LogP contribution in [0.5, 0.6) is 0 Å². The number of fused-ring (bicyclic) bond motifs is 1. The van der Waals surface area contributed by atoms with Crippen LogP contribution in [0.25, 0.3) is 22.2 Å². The molecular formula is C19H21N2+. The molecule has 0 aliphatic heterocycles. The number of pyridine rings is 1. The molecule has 0 radical (unpaired) electrons.